The second kappa shape index (κ2) is 3.55. The molecule has 2 rings (SSSR count). The van der Waals surface area contributed by atoms with Gasteiger partial charge in [0, 0.05) is 0 Å². The van der Waals surface area contributed by atoms with Gasteiger partial charge in [-0.25, -0.2) is 0 Å². The van der Waals surface area contributed by atoms with Gasteiger partial charge < -0.3 is 10.6 Å². The quantitative estimate of drug-likeness (QED) is 0.578. The van der Waals surface area contributed by atoms with Crippen LogP contribution >= 0.6 is 0 Å². The van der Waals surface area contributed by atoms with Crippen LogP contribution in [0.25, 0.3) is 0 Å². The summed E-state index contributed by atoms with van der Waals surface area (Å²) < 4.78 is 0. The number of nitrogens with one attached hydrogen (secondary N) is 2. The van der Waals surface area contributed by atoms with E-state index in [1.165, 1.54) is 45.4 Å². The summed E-state index contributed by atoms with van der Waals surface area (Å²) in [5.41, 5.74) is 0. The third-order valence-corrected chi connectivity index (χ3v) is 3.15. The highest BCUT2D eigenvalue weighted by Crippen LogP contribution is 2.26. The summed E-state index contributed by atoms with van der Waals surface area (Å²) >= 11 is 0. The van der Waals surface area contributed by atoms with Crippen molar-refractivity contribution in [1.29, 1.82) is 0 Å². The molecule has 0 radical (unpaired) electrons. The molecule has 0 aromatic rings. The molecule has 2 nitrogen and oxygen atoms in total. The molecule has 0 saturated carbocycles. The van der Waals surface area contributed by atoms with Gasteiger partial charge in [-0.05, 0) is 57.3 Å². The lowest BCUT2D eigenvalue weighted by molar-refractivity contribution is 0.275. The lowest BCUT2D eigenvalue weighted by Crippen LogP contribution is -2.32. The van der Waals surface area contributed by atoms with Gasteiger partial charge >= 0.3 is 0 Å². The van der Waals surface area contributed by atoms with Crippen molar-refractivity contribution < 1.29 is 0 Å². The Hall–Kier alpha value is -0.0800. The molecule has 2 saturated heterocycles. The topological polar surface area (TPSA) is 24.1 Å². The molecule has 2 heterocycles. The van der Waals surface area contributed by atoms with Crippen LogP contribution < -0.4 is 10.6 Å². The van der Waals surface area contributed by atoms with Crippen molar-refractivity contribution in [1.82, 2.24) is 10.6 Å². The fourth-order valence-electron chi connectivity index (χ4n) is 2.40. The molecule has 0 spiro atoms. The van der Waals surface area contributed by atoms with Crippen molar-refractivity contribution in [2.24, 2.45) is 11.8 Å². The molecular formula is C9H18N2. The Labute approximate surface area is 68.7 Å². The number of rotatable bonds is 1. The van der Waals surface area contributed by atoms with Crippen LogP contribution in [0.2, 0.25) is 0 Å². The molecule has 0 bridgehead atoms. The highest BCUT2D eigenvalue weighted by Gasteiger charge is 2.25. The molecule has 2 heteroatoms. The molecule has 2 aliphatic heterocycles. The van der Waals surface area contributed by atoms with E-state index in [4.69, 9.17) is 0 Å². The average Bonchev–Trinajstić information content (AvgIpc) is 2.58. The lowest BCUT2D eigenvalue weighted by atomic mass is 9.84. The van der Waals surface area contributed by atoms with Crippen molar-refractivity contribution >= 4 is 0 Å². The number of hydrogen-bond acceptors (Lipinski definition) is 2. The molecule has 64 valence electrons. The lowest BCUT2D eigenvalue weighted by Gasteiger charge is -2.27. The molecule has 0 amide bonds. The molecule has 0 aliphatic carbocycles. The van der Waals surface area contributed by atoms with Crippen LogP contribution in [0, 0.1) is 11.8 Å². The Morgan fingerprint density at radius 1 is 0.727 bits per heavy atom. The molecule has 0 aromatic carbocycles. The average molecular weight is 154 g/mol. The smallest absolute Gasteiger partial charge is 0.00174 e. The van der Waals surface area contributed by atoms with Gasteiger partial charge in [0.2, 0.25) is 0 Å². The Bertz CT molecular complexity index is 113. The van der Waals surface area contributed by atoms with Crippen molar-refractivity contribution in [2.45, 2.75) is 19.3 Å². The maximum atomic E-state index is 3.45. The third-order valence-electron chi connectivity index (χ3n) is 3.15. The minimum absolute atomic E-state index is 0.997. The Morgan fingerprint density at radius 2 is 1.36 bits per heavy atom. The third kappa shape index (κ3) is 1.74. The van der Waals surface area contributed by atoms with E-state index in [-0.39, 0.29) is 0 Å². The van der Waals surface area contributed by atoms with Crippen LogP contribution in [0.15, 0.2) is 0 Å². The first-order valence-electron chi connectivity index (χ1n) is 4.88. The van der Waals surface area contributed by atoms with Crippen LogP contribution in [-0.4, -0.2) is 26.2 Å². The monoisotopic (exact) mass is 154 g/mol. The SMILES string of the molecule is C1CC([C@H]2CCNC2)CCN1. The van der Waals surface area contributed by atoms with E-state index in [0.717, 1.165) is 11.8 Å². The summed E-state index contributed by atoms with van der Waals surface area (Å²) in [6, 6.07) is 0. The predicted octanol–water partition coefficient (Wildman–Crippen LogP) is 0.596. The van der Waals surface area contributed by atoms with Gasteiger partial charge in [-0.15, -0.1) is 0 Å². The fraction of sp³-hybridized carbons (Fsp3) is 1.00. The summed E-state index contributed by atoms with van der Waals surface area (Å²) in [6.07, 6.45) is 4.24. The molecule has 2 N–H and O–H groups in total. The standard InChI is InChI=1S/C9H18N2/c1-4-10-5-2-8(1)9-3-6-11-7-9/h8-11H,1-7H2/t9-/m0/s1. The Balaban J connectivity index is 1.82. The minimum atomic E-state index is 0.997. The zero-order valence-electron chi connectivity index (χ0n) is 7.10. The van der Waals surface area contributed by atoms with Gasteiger partial charge in [-0.1, -0.05) is 0 Å². The van der Waals surface area contributed by atoms with Crippen molar-refractivity contribution in [2.75, 3.05) is 26.2 Å². The summed E-state index contributed by atoms with van der Waals surface area (Å²) in [4.78, 5) is 0. The van der Waals surface area contributed by atoms with Gasteiger partial charge in [0.15, 0.2) is 0 Å². The fourth-order valence-corrected chi connectivity index (χ4v) is 2.40. The van der Waals surface area contributed by atoms with Crippen LogP contribution in [-0.2, 0) is 0 Å². The van der Waals surface area contributed by atoms with Gasteiger partial charge in [-0.2, -0.15) is 0 Å². The zero-order valence-corrected chi connectivity index (χ0v) is 7.10. The molecule has 11 heavy (non-hydrogen) atoms. The largest absolute Gasteiger partial charge is 0.317 e. The van der Waals surface area contributed by atoms with Crippen LogP contribution in [0.5, 0.6) is 0 Å². The summed E-state index contributed by atoms with van der Waals surface area (Å²) in [5.74, 6) is 2.02. The normalized spacial score (nSPS) is 34.4. The maximum absolute atomic E-state index is 3.45. The first-order chi connectivity index (χ1) is 5.47. The summed E-state index contributed by atoms with van der Waals surface area (Å²) in [6.45, 7) is 5.04. The first kappa shape index (κ1) is 7.56. The summed E-state index contributed by atoms with van der Waals surface area (Å²) in [7, 11) is 0. The summed E-state index contributed by atoms with van der Waals surface area (Å²) in [5, 5.41) is 6.87. The minimum Gasteiger partial charge on any atom is -0.317 e. The highest BCUT2D eigenvalue weighted by atomic mass is 14.9. The molecule has 0 aromatic heterocycles. The van der Waals surface area contributed by atoms with E-state index in [9.17, 15) is 0 Å². The number of hydrogen-bond donors (Lipinski definition) is 2. The van der Waals surface area contributed by atoms with E-state index in [1.54, 1.807) is 0 Å². The molecule has 1 atom stereocenters. The van der Waals surface area contributed by atoms with Crippen molar-refractivity contribution in [3.63, 3.8) is 0 Å². The van der Waals surface area contributed by atoms with Crippen LogP contribution in [0.4, 0.5) is 0 Å². The second-order valence-corrected chi connectivity index (χ2v) is 3.84. The van der Waals surface area contributed by atoms with E-state index < -0.39 is 0 Å². The van der Waals surface area contributed by atoms with Crippen molar-refractivity contribution in [3.05, 3.63) is 0 Å². The van der Waals surface area contributed by atoms with Gasteiger partial charge in [0.1, 0.15) is 0 Å². The van der Waals surface area contributed by atoms with Gasteiger partial charge in [-0.3, -0.25) is 0 Å². The molecular weight excluding hydrogens is 136 g/mol. The zero-order chi connectivity index (χ0) is 7.52. The van der Waals surface area contributed by atoms with E-state index in [1.807, 2.05) is 0 Å². The predicted molar refractivity (Wildman–Crippen MR) is 46.6 cm³/mol. The van der Waals surface area contributed by atoms with Crippen molar-refractivity contribution in [3.8, 4) is 0 Å². The first-order valence-corrected chi connectivity index (χ1v) is 4.88. The Morgan fingerprint density at radius 3 is 2.00 bits per heavy atom. The number of piperidine rings is 1. The van der Waals surface area contributed by atoms with Gasteiger partial charge in [0.25, 0.3) is 0 Å². The molecule has 2 aliphatic rings. The second-order valence-electron chi connectivity index (χ2n) is 3.84. The van der Waals surface area contributed by atoms with Gasteiger partial charge in [0.05, 0.1) is 0 Å². The Kier molecular flexibility index (Phi) is 2.44. The molecule has 2 fully saturated rings. The van der Waals surface area contributed by atoms with E-state index >= 15 is 0 Å². The highest BCUT2D eigenvalue weighted by molar-refractivity contribution is 4.81. The van der Waals surface area contributed by atoms with Crippen LogP contribution in [0.3, 0.4) is 0 Å². The van der Waals surface area contributed by atoms with Crippen LogP contribution in [0.1, 0.15) is 19.3 Å². The van der Waals surface area contributed by atoms with E-state index in [2.05, 4.69) is 10.6 Å². The van der Waals surface area contributed by atoms with E-state index in [0.29, 0.717) is 0 Å². The molecule has 0 unspecified atom stereocenters. The maximum Gasteiger partial charge on any atom is -0.00174 e.